The molecule has 2 saturated carbocycles. The molecule has 1 heterocycles. The zero-order valence-corrected chi connectivity index (χ0v) is 14.0. The molecule has 2 aliphatic carbocycles. The molecule has 1 aliphatic heterocycles. The number of piperazine rings is 1. The molecule has 1 N–H and O–H groups in total. The molecule has 1 spiro atoms. The maximum Gasteiger partial charge on any atom is 0.0309 e. The molecule has 3 fully saturated rings. The van der Waals surface area contributed by atoms with Gasteiger partial charge in [-0.1, -0.05) is 32.1 Å². The van der Waals surface area contributed by atoms with Crippen LogP contribution in [0.4, 0.5) is 0 Å². The largest absolute Gasteiger partial charge is 0.308 e. The minimum Gasteiger partial charge on any atom is -0.308 e. The van der Waals surface area contributed by atoms with Crippen LogP contribution in [-0.4, -0.2) is 48.1 Å². The Labute approximate surface area is 129 Å². The molecule has 20 heavy (non-hydrogen) atoms. The number of nitrogens with zero attached hydrogens (tertiary/aromatic N) is 1. The van der Waals surface area contributed by atoms with Crippen molar-refractivity contribution in [3.63, 3.8) is 0 Å². The SMILES string of the molecule is CSCCN1CC2(CCCC2)NCC1C1CCCCC1. The van der Waals surface area contributed by atoms with E-state index >= 15 is 0 Å². The summed E-state index contributed by atoms with van der Waals surface area (Å²) in [4.78, 5) is 2.88. The van der Waals surface area contributed by atoms with Crippen LogP contribution in [0.25, 0.3) is 0 Å². The molecule has 1 unspecified atom stereocenters. The topological polar surface area (TPSA) is 15.3 Å². The number of nitrogens with one attached hydrogen (secondary N) is 1. The predicted molar refractivity (Wildman–Crippen MR) is 89.5 cm³/mol. The van der Waals surface area contributed by atoms with E-state index in [2.05, 4.69) is 16.5 Å². The number of thioether (sulfide) groups is 1. The van der Waals surface area contributed by atoms with Crippen LogP contribution in [0.2, 0.25) is 0 Å². The molecule has 1 atom stereocenters. The van der Waals surface area contributed by atoms with E-state index in [4.69, 9.17) is 0 Å². The van der Waals surface area contributed by atoms with Crippen molar-refractivity contribution >= 4 is 11.8 Å². The van der Waals surface area contributed by atoms with E-state index in [1.807, 2.05) is 11.8 Å². The lowest BCUT2D eigenvalue weighted by Gasteiger charge is -2.49. The number of hydrogen-bond acceptors (Lipinski definition) is 3. The summed E-state index contributed by atoms with van der Waals surface area (Å²) in [6.07, 6.45) is 15.4. The Bertz CT molecular complexity index is 295. The Kier molecular flexibility index (Phi) is 5.33. The van der Waals surface area contributed by atoms with E-state index in [9.17, 15) is 0 Å². The van der Waals surface area contributed by atoms with E-state index in [0.717, 1.165) is 12.0 Å². The standard InChI is InChI=1S/C17H32N2S/c1-20-12-11-19-14-17(9-5-6-10-17)18-13-16(19)15-7-3-2-4-8-15/h15-16,18H,2-14H2,1H3. The van der Waals surface area contributed by atoms with Crippen LogP contribution < -0.4 is 5.32 Å². The molecular formula is C17H32N2S. The lowest BCUT2D eigenvalue weighted by Crippen LogP contribution is -2.65. The molecule has 0 aromatic carbocycles. The van der Waals surface area contributed by atoms with Gasteiger partial charge in [0, 0.05) is 37.0 Å². The van der Waals surface area contributed by atoms with Gasteiger partial charge in [0.1, 0.15) is 0 Å². The molecule has 1 saturated heterocycles. The van der Waals surface area contributed by atoms with Crippen molar-refractivity contribution in [2.45, 2.75) is 69.4 Å². The van der Waals surface area contributed by atoms with Crippen molar-refractivity contribution in [1.29, 1.82) is 0 Å². The molecular weight excluding hydrogens is 264 g/mol. The van der Waals surface area contributed by atoms with Crippen LogP contribution in [0.5, 0.6) is 0 Å². The van der Waals surface area contributed by atoms with Gasteiger partial charge in [-0.2, -0.15) is 11.8 Å². The van der Waals surface area contributed by atoms with Crippen molar-refractivity contribution in [1.82, 2.24) is 10.2 Å². The molecule has 3 aliphatic rings. The predicted octanol–water partition coefficient (Wildman–Crippen LogP) is 3.52. The van der Waals surface area contributed by atoms with E-state index in [-0.39, 0.29) is 0 Å². The zero-order valence-electron chi connectivity index (χ0n) is 13.2. The minimum atomic E-state index is 0.490. The fourth-order valence-electron chi connectivity index (χ4n) is 4.84. The molecule has 2 nitrogen and oxygen atoms in total. The number of rotatable bonds is 4. The van der Waals surface area contributed by atoms with E-state index in [0.29, 0.717) is 5.54 Å². The third kappa shape index (κ3) is 3.36. The van der Waals surface area contributed by atoms with E-state index in [1.54, 1.807) is 0 Å². The van der Waals surface area contributed by atoms with Crippen LogP contribution in [0.15, 0.2) is 0 Å². The minimum absolute atomic E-state index is 0.490. The molecule has 0 amide bonds. The van der Waals surface area contributed by atoms with Gasteiger partial charge in [-0.3, -0.25) is 4.90 Å². The van der Waals surface area contributed by atoms with Gasteiger partial charge in [0.25, 0.3) is 0 Å². The summed E-state index contributed by atoms with van der Waals surface area (Å²) in [5.74, 6) is 2.27. The van der Waals surface area contributed by atoms with Crippen molar-refractivity contribution in [3.8, 4) is 0 Å². The van der Waals surface area contributed by atoms with Crippen LogP contribution in [0.1, 0.15) is 57.8 Å². The van der Waals surface area contributed by atoms with Crippen molar-refractivity contribution in [2.75, 3.05) is 31.6 Å². The van der Waals surface area contributed by atoms with Gasteiger partial charge in [0.2, 0.25) is 0 Å². The Morgan fingerprint density at radius 2 is 1.85 bits per heavy atom. The van der Waals surface area contributed by atoms with Crippen molar-refractivity contribution in [3.05, 3.63) is 0 Å². The van der Waals surface area contributed by atoms with Crippen LogP contribution >= 0.6 is 11.8 Å². The summed E-state index contributed by atoms with van der Waals surface area (Å²) in [5, 5.41) is 4.00. The maximum absolute atomic E-state index is 4.00. The quantitative estimate of drug-likeness (QED) is 0.854. The molecule has 0 bridgehead atoms. The second kappa shape index (κ2) is 7.02. The Hall–Kier alpha value is 0.270. The highest BCUT2D eigenvalue weighted by molar-refractivity contribution is 7.98. The van der Waals surface area contributed by atoms with Crippen LogP contribution in [-0.2, 0) is 0 Å². The van der Waals surface area contributed by atoms with Crippen LogP contribution in [0.3, 0.4) is 0 Å². The first kappa shape index (κ1) is 15.2. The fraction of sp³-hybridized carbons (Fsp3) is 1.00. The van der Waals surface area contributed by atoms with Gasteiger partial charge in [-0.15, -0.1) is 0 Å². The third-order valence-corrected chi connectivity index (χ3v) is 6.59. The zero-order chi connectivity index (χ0) is 13.8. The first-order valence-electron chi connectivity index (χ1n) is 8.81. The average molecular weight is 297 g/mol. The Morgan fingerprint density at radius 1 is 1.10 bits per heavy atom. The first-order valence-corrected chi connectivity index (χ1v) is 10.2. The molecule has 0 radical (unpaired) electrons. The van der Waals surface area contributed by atoms with Gasteiger partial charge in [-0.05, 0) is 37.9 Å². The fourth-order valence-corrected chi connectivity index (χ4v) is 5.25. The van der Waals surface area contributed by atoms with E-state index < -0.39 is 0 Å². The number of hydrogen-bond donors (Lipinski definition) is 1. The highest BCUT2D eigenvalue weighted by atomic mass is 32.2. The monoisotopic (exact) mass is 296 g/mol. The van der Waals surface area contributed by atoms with Crippen molar-refractivity contribution < 1.29 is 0 Å². The summed E-state index contributed by atoms with van der Waals surface area (Å²) in [5.41, 5.74) is 0.490. The Morgan fingerprint density at radius 3 is 2.55 bits per heavy atom. The van der Waals surface area contributed by atoms with E-state index in [1.165, 1.54) is 83.2 Å². The van der Waals surface area contributed by atoms with Gasteiger partial charge >= 0.3 is 0 Å². The Balaban J connectivity index is 1.65. The molecule has 116 valence electrons. The van der Waals surface area contributed by atoms with Gasteiger partial charge in [0.05, 0.1) is 0 Å². The lowest BCUT2D eigenvalue weighted by molar-refractivity contribution is 0.0428. The highest BCUT2D eigenvalue weighted by Crippen LogP contribution is 2.37. The summed E-state index contributed by atoms with van der Waals surface area (Å²) >= 11 is 2.01. The van der Waals surface area contributed by atoms with Gasteiger partial charge in [0.15, 0.2) is 0 Å². The van der Waals surface area contributed by atoms with Crippen LogP contribution in [0, 0.1) is 5.92 Å². The summed E-state index contributed by atoms with van der Waals surface area (Å²) in [7, 11) is 0. The maximum atomic E-state index is 4.00. The summed E-state index contributed by atoms with van der Waals surface area (Å²) in [6.45, 7) is 3.90. The molecule has 0 aromatic rings. The third-order valence-electron chi connectivity index (χ3n) is 6.00. The van der Waals surface area contributed by atoms with Gasteiger partial charge < -0.3 is 5.32 Å². The average Bonchev–Trinajstić information content (AvgIpc) is 2.94. The second-order valence-electron chi connectivity index (χ2n) is 7.30. The molecule has 0 aromatic heterocycles. The highest BCUT2D eigenvalue weighted by Gasteiger charge is 2.42. The normalized spacial score (nSPS) is 31.9. The van der Waals surface area contributed by atoms with Crippen molar-refractivity contribution in [2.24, 2.45) is 5.92 Å². The van der Waals surface area contributed by atoms with Gasteiger partial charge in [-0.25, -0.2) is 0 Å². The first-order chi connectivity index (χ1) is 9.83. The lowest BCUT2D eigenvalue weighted by atomic mass is 9.80. The molecule has 3 rings (SSSR count). The smallest absolute Gasteiger partial charge is 0.0309 e. The summed E-state index contributed by atoms with van der Waals surface area (Å²) in [6, 6.07) is 0.827. The second-order valence-corrected chi connectivity index (χ2v) is 8.28. The molecule has 3 heteroatoms. The summed E-state index contributed by atoms with van der Waals surface area (Å²) < 4.78 is 0.